The van der Waals surface area contributed by atoms with E-state index in [1.807, 2.05) is 0 Å². The van der Waals surface area contributed by atoms with Gasteiger partial charge in [0.2, 0.25) is 0 Å². The molecule has 0 heterocycles. The number of rotatable bonds is 9. The van der Waals surface area contributed by atoms with Crippen LogP contribution < -0.4 is 0 Å². The van der Waals surface area contributed by atoms with Crippen molar-refractivity contribution in [1.82, 2.24) is 0 Å². The van der Waals surface area contributed by atoms with E-state index < -0.39 is 0 Å². The van der Waals surface area contributed by atoms with Crippen molar-refractivity contribution in [3.05, 3.63) is 0 Å². The van der Waals surface area contributed by atoms with Crippen LogP contribution in [-0.4, -0.2) is 40.9 Å². The second-order valence-corrected chi connectivity index (χ2v) is 6.73. The molecule has 0 saturated carbocycles. The zero-order chi connectivity index (χ0) is 14.2. The molecule has 0 aliphatic carbocycles. The van der Waals surface area contributed by atoms with Crippen LogP contribution in [-0.2, 0) is 9.53 Å². The summed E-state index contributed by atoms with van der Waals surface area (Å²) < 4.78 is 6.36. The molecule has 2 nitrogen and oxygen atoms in total. The predicted molar refractivity (Wildman–Crippen MR) is 85.0 cm³/mol. The van der Waals surface area contributed by atoms with Crippen molar-refractivity contribution < 1.29 is 9.53 Å². The predicted octanol–water partition coefficient (Wildman–Crippen LogP) is 3.78. The van der Waals surface area contributed by atoms with Gasteiger partial charge in [-0.1, -0.05) is 33.1 Å². The molecule has 0 unspecified atom stereocenters. The number of thiol groups is 1. The van der Waals surface area contributed by atoms with E-state index in [2.05, 4.69) is 33.4 Å². The maximum absolute atomic E-state index is 10.7. The third-order valence-corrected chi connectivity index (χ3v) is 3.80. The van der Waals surface area contributed by atoms with Gasteiger partial charge < -0.3 is 4.74 Å². The first kappa shape index (κ1) is 20.9. The van der Waals surface area contributed by atoms with E-state index >= 15 is 0 Å². The fourth-order valence-corrected chi connectivity index (χ4v) is 2.52. The number of ether oxygens (including phenoxy) is 1. The van der Waals surface area contributed by atoms with Crippen LogP contribution in [0.2, 0.25) is 4.44 Å². The normalized spacial score (nSPS) is 9.89. The van der Waals surface area contributed by atoms with E-state index in [0.717, 1.165) is 18.8 Å². The molecule has 0 atom stereocenters. The van der Waals surface area contributed by atoms with Crippen LogP contribution in [0, 0.1) is 5.92 Å². The first-order valence-corrected chi connectivity index (χ1v) is 10.0. The molecule has 0 aliphatic heterocycles. The molecule has 0 saturated heterocycles. The Bertz CT molecular complexity index is 173. The first-order chi connectivity index (χ1) is 8.58. The molecule has 0 aliphatic rings. The van der Waals surface area contributed by atoms with Gasteiger partial charge in [-0.2, -0.15) is 12.6 Å². The first-order valence-electron chi connectivity index (χ1n) is 7.05. The topological polar surface area (TPSA) is 26.3 Å². The number of hydrogen-bond acceptors (Lipinski definition) is 3. The Labute approximate surface area is 132 Å². The molecule has 0 aromatic carbocycles. The van der Waals surface area contributed by atoms with Gasteiger partial charge in [0.1, 0.15) is 0 Å². The Morgan fingerprint density at radius 1 is 1.22 bits per heavy atom. The molecule has 18 heavy (non-hydrogen) atoms. The average molecular weight is 381 g/mol. The Morgan fingerprint density at radius 2 is 1.89 bits per heavy atom. The Balaban J connectivity index is 0. The van der Waals surface area contributed by atoms with Gasteiger partial charge in [0.25, 0.3) is 0 Å². The van der Waals surface area contributed by atoms with Crippen LogP contribution in [0.25, 0.3) is 0 Å². The van der Waals surface area contributed by atoms with Crippen LogP contribution in [0.3, 0.4) is 0 Å². The summed E-state index contributed by atoms with van der Waals surface area (Å²) in [7, 11) is 0. The molecule has 0 spiro atoms. The molecule has 0 rings (SSSR count). The third-order valence-electron chi connectivity index (χ3n) is 2.38. The molecule has 2 radical (unpaired) electrons. The summed E-state index contributed by atoms with van der Waals surface area (Å²) >= 11 is 5.26. The van der Waals surface area contributed by atoms with Gasteiger partial charge in [-0.15, -0.1) is 0 Å². The standard InChI is InChI=1S/C10H20O2S.C4H9.Sn.H/c1-9(2)6-4-3-5-7-12-10(11)8-13;1-3-4-2;;/h9,13H,3-8H2,1-2H3;1,3-4H2,2H3;;. The number of carbonyl (C=O) groups is 1. The van der Waals surface area contributed by atoms with E-state index in [-0.39, 0.29) is 11.7 Å². The number of carbonyl (C=O) groups excluding carboxylic acids is 1. The van der Waals surface area contributed by atoms with Crippen LogP contribution in [0.4, 0.5) is 0 Å². The van der Waals surface area contributed by atoms with Gasteiger partial charge >= 0.3 is 52.7 Å². The summed E-state index contributed by atoms with van der Waals surface area (Å²) in [4.78, 5) is 10.7. The number of hydrogen-bond donors (Lipinski definition) is 1. The van der Waals surface area contributed by atoms with E-state index in [9.17, 15) is 4.79 Å². The summed E-state index contributed by atoms with van der Waals surface area (Å²) in [5.41, 5.74) is 0. The summed E-state index contributed by atoms with van der Waals surface area (Å²) in [6.45, 7) is 7.23. The second-order valence-electron chi connectivity index (χ2n) is 4.76. The maximum atomic E-state index is 10.7. The summed E-state index contributed by atoms with van der Waals surface area (Å²) in [6.07, 6.45) is 7.45. The van der Waals surface area contributed by atoms with Crippen LogP contribution in [0.5, 0.6) is 0 Å². The fraction of sp³-hybridized carbons (Fsp3) is 0.929. The summed E-state index contributed by atoms with van der Waals surface area (Å²) in [5, 5.41) is 0. The third kappa shape index (κ3) is 21.9. The van der Waals surface area contributed by atoms with Gasteiger partial charge in [-0.05, 0) is 12.3 Å². The van der Waals surface area contributed by atoms with Crippen molar-refractivity contribution in [3.8, 4) is 0 Å². The Hall–Kier alpha value is 0.619. The molecule has 0 aromatic rings. The molecule has 0 amide bonds. The SMILES string of the molecule is CC(C)CCCCCOC(=O)CS.CCC[CH2][SnH]. The van der Waals surface area contributed by atoms with Crippen LogP contribution >= 0.6 is 12.6 Å². The van der Waals surface area contributed by atoms with E-state index in [1.54, 1.807) is 0 Å². The second kappa shape index (κ2) is 17.6. The molecule has 0 N–H and O–H groups in total. The molecule has 4 heteroatoms. The molecular formula is C14H30O2SSn. The Kier molecular flexibility index (Phi) is 20.5. The van der Waals surface area contributed by atoms with E-state index in [0.29, 0.717) is 6.61 Å². The monoisotopic (exact) mass is 382 g/mol. The fourth-order valence-electron chi connectivity index (χ4n) is 1.27. The number of unbranched alkanes of at least 4 members (excludes halogenated alkanes) is 3. The van der Waals surface area contributed by atoms with Crippen molar-refractivity contribution in [1.29, 1.82) is 0 Å². The van der Waals surface area contributed by atoms with Crippen molar-refractivity contribution in [2.45, 2.75) is 63.7 Å². The van der Waals surface area contributed by atoms with Crippen molar-refractivity contribution in [2.75, 3.05) is 12.4 Å². The van der Waals surface area contributed by atoms with Gasteiger partial charge in [-0.25, -0.2) is 0 Å². The summed E-state index contributed by atoms with van der Waals surface area (Å²) in [6, 6.07) is 0. The van der Waals surface area contributed by atoms with E-state index in [1.165, 1.54) is 52.6 Å². The quantitative estimate of drug-likeness (QED) is 0.285. The van der Waals surface area contributed by atoms with Crippen molar-refractivity contribution in [3.63, 3.8) is 0 Å². The average Bonchev–Trinajstić information content (AvgIpc) is 2.34. The van der Waals surface area contributed by atoms with Crippen molar-refractivity contribution in [2.24, 2.45) is 5.92 Å². The van der Waals surface area contributed by atoms with Crippen LogP contribution in [0.15, 0.2) is 0 Å². The molecular weight excluding hydrogens is 351 g/mol. The minimum absolute atomic E-state index is 0.187. The van der Waals surface area contributed by atoms with Crippen LogP contribution in [0.1, 0.15) is 59.3 Å². The van der Waals surface area contributed by atoms with Crippen molar-refractivity contribution >= 4 is 41.1 Å². The van der Waals surface area contributed by atoms with Gasteiger partial charge in [0, 0.05) is 0 Å². The van der Waals surface area contributed by atoms with Gasteiger partial charge in [0.05, 0.1) is 12.4 Å². The minimum atomic E-state index is -0.216. The molecule has 0 aromatic heterocycles. The molecule has 0 bridgehead atoms. The number of esters is 1. The van der Waals surface area contributed by atoms with Gasteiger partial charge in [-0.3, -0.25) is 4.79 Å². The zero-order valence-electron chi connectivity index (χ0n) is 12.3. The van der Waals surface area contributed by atoms with Gasteiger partial charge in [0.15, 0.2) is 0 Å². The molecule has 108 valence electrons. The zero-order valence-corrected chi connectivity index (χ0v) is 16.5. The molecule has 0 fully saturated rings. The van der Waals surface area contributed by atoms with E-state index in [4.69, 9.17) is 4.74 Å². The summed E-state index contributed by atoms with van der Waals surface area (Å²) in [5.74, 6) is 0.749. The Morgan fingerprint density at radius 3 is 2.28 bits per heavy atom.